The molecular formula is C14H20N2O5. The number of aromatic hydroxyl groups is 2. The molecule has 21 heavy (non-hydrogen) atoms. The van der Waals surface area contributed by atoms with E-state index >= 15 is 0 Å². The predicted octanol–water partition coefficient (Wildman–Crippen LogP) is 0.337. The van der Waals surface area contributed by atoms with Crippen LogP contribution in [0.4, 0.5) is 0 Å². The number of carboxylic acid groups (broad SMARTS) is 1. The van der Waals surface area contributed by atoms with Crippen molar-refractivity contribution in [1.29, 1.82) is 0 Å². The zero-order chi connectivity index (χ0) is 16.2. The number of benzene rings is 1. The van der Waals surface area contributed by atoms with Gasteiger partial charge >= 0.3 is 5.97 Å². The highest BCUT2D eigenvalue weighted by atomic mass is 16.4. The zero-order valence-electron chi connectivity index (χ0n) is 12.0. The second kappa shape index (κ2) is 6.45. The SMILES string of the molecule is CCC(C)(NC(=O)[C@@H](N)Cc1ccc(O)c(O)c1)C(=O)O. The number of nitrogens with two attached hydrogens (primary N) is 1. The van der Waals surface area contributed by atoms with Crippen molar-refractivity contribution < 1.29 is 24.9 Å². The van der Waals surface area contributed by atoms with Crippen molar-refractivity contribution in [3.63, 3.8) is 0 Å². The fourth-order valence-electron chi connectivity index (χ4n) is 1.70. The summed E-state index contributed by atoms with van der Waals surface area (Å²) in [7, 11) is 0. The summed E-state index contributed by atoms with van der Waals surface area (Å²) in [6.07, 6.45) is 0.333. The summed E-state index contributed by atoms with van der Waals surface area (Å²) in [5.41, 5.74) is 4.94. The molecule has 0 saturated heterocycles. The largest absolute Gasteiger partial charge is 0.504 e. The number of rotatable bonds is 6. The molecule has 0 bridgehead atoms. The first-order chi connectivity index (χ1) is 9.69. The highest BCUT2D eigenvalue weighted by molar-refractivity contribution is 5.89. The van der Waals surface area contributed by atoms with Crippen LogP contribution in [0.3, 0.4) is 0 Å². The monoisotopic (exact) mass is 296 g/mol. The Morgan fingerprint density at radius 3 is 2.43 bits per heavy atom. The second-order valence-electron chi connectivity index (χ2n) is 5.11. The fraction of sp³-hybridized carbons (Fsp3) is 0.429. The first-order valence-electron chi connectivity index (χ1n) is 6.51. The van der Waals surface area contributed by atoms with Crippen molar-refractivity contribution in [2.75, 3.05) is 0 Å². The number of hydrogen-bond donors (Lipinski definition) is 5. The third-order valence-electron chi connectivity index (χ3n) is 3.41. The molecule has 7 nitrogen and oxygen atoms in total. The molecule has 7 heteroatoms. The van der Waals surface area contributed by atoms with E-state index in [4.69, 9.17) is 10.8 Å². The number of carbonyl (C=O) groups is 2. The molecule has 1 aromatic rings. The van der Waals surface area contributed by atoms with Crippen molar-refractivity contribution in [2.24, 2.45) is 5.73 Å². The van der Waals surface area contributed by atoms with Gasteiger partial charge in [0.2, 0.25) is 5.91 Å². The van der Waals surface area contributed by atoms with Gasteiger partial charge in [-0.2, -0.15) is 0 Å². The van der Waals surface area contributed by atoms with Crippen molar-refractivity contribution in [3.8, 4) is 11.5 Å². The maximum absolute atomic E-state index is 12.0. The highest BCUT2D eigenvalue weighted by Crippen LogP contribution is 2.25. The molecule has 0 aliphatic carbocycles. The van der Waals surface area contributed by atoms with Gasteiger partial charge in [0.1, 0.15) is 5.54 Å². The number of phenols is 2. The molecule has 6 N–H and O–H groups in total. The lowest BCUT2D eigenvalue weighted by atomic mass is 9.97. The molecule has 2 atom stereocenters. The maximum atomic E-state index is 12.0. The van der Waals surface area contributed by atoms with E-state index in [2.05, 4.69) is 5.32 Å². The first-order valence-corrected chi connectivity index (χ1v) is 6.51. The minimum Gasteiger partial charge on any atom is -0.504 e. The van der Waals surface area contributed by atoms with Gasteiger partial charge in [0.25, 0.3) is 0 Å². The summed E-state index contributed by atoms with van der Waals surface area (Å²) in [5.74, 6) is -2.28. The number of phenolic OH excluding ortho intramolecular Hbond substituents is 2. The van der Waals surface area contributed by atoms with Crippen LogP contribution in [0.15, 0.2) is 18.2 Å². The third-order valence-corrected chi connectivity index (χ3v) is 3.41. The van der Waals surface area contributed by atoms with Gasteiger partial charge in [-0.15, -0.1) is 0 Å². The molecule has 0 heterocycles. The Morgan fingerprint density at radius 1 is 1.33 bits per heavy atom. The van der Waals surface area contributed by atoms with E-state index in [1.807, 2.05) is 0 Å². The van der Waals surface area contributed by atoms with Gasteiger partial charge in [-0.25, -0.2) is 4.79 Å². The van der Waals surface area contributed by atoms with E-state index in [-0.39, 0.29) is 24.3 Å². The Balaban J connectivity index is 2.74. The van der Waals surface area contributed by atoms with Crippen LogP contribution in [0, 0.1) is 0 Å². The van der Waals surface area contributed by atoms with E-state index < -0.39 is 23.5 Å². The first kappa shape index (κ1) is 16.8. The molecule has 116 valence electrons. The number of carbonyl (C=O) groups excluding carboxylic acids is 1. The number of hydrogen-bond acceptors (Lipinski definition) is 5. The molecule has 1 unspecified atom stereocenters. The van der Waals surface area contributed by atoms with E-state index in [1.54, 1.807) is 6.92 Å². The van der Waals surface area contributed by atoms with Gasteiger partial charge in [-0.1, -0.05) is 13.0 Å². The molecule has 0 spiro atoms. The normalized spacial score (nSPS) is 15.0. The number of carboxylic acids is 1. The smallest absolute Gasteiger partial charge is 0.329 e. The van der Waals surface area contributed by atoms with Crippen LogP contribution in [-0.2, 0) is 16.0 Å². The van der Waals surface area contributed by atoms with E-state index in [9.17, 15) is 19.8 Å². The molecule has 0 saturated carbocycles. The van der Waals surface area contributed by atoms with Crippen molar-refractivity contribution >= 4 is 11.9 Å². The molecule has 1 aromatic carbocycles. The van der Waals surface area contributed by atoms with Gasteiger partial charge in [0, 0.05) is 0 Å². The summed E-state index contributed by atoms with van der Waals surface area (Å²) in [6.45, 7) is 3.06. The lowest BCUT2D eigenvalue weighted by molar-refractivity contribution is -0.147. The molecule has 0 fully saturated rings. The van der Waals surface area contributed by atoms with Crippen molar-refractivity contribution in [3.05, 3.63) is 23.8 Å². The van der Waals surface area contributed by atoms with Crippen LogP contribution in [0.2, 0.25) is 0 Å². The van der Waals surface area contributed by atoms with Crippen molar-refractivity contribution in [1.82, 2.24) is 5.32 Å². The predicted molar refractivity (Wildman–Crippen MR) is 75.9 cm³/mol. The standard InChI is InChI=1S/C14H20N2O5/c1-3-14(2,13(20)21)16-12(19)9(15)6-8-4-5-10(17)11(18)7-8/h4-5,7,9,17-18H,3,6,15H2,1-2H3,(H,16,19)(H,20,21)/t9-,14?/m0/s1. The molecule has 0 aliphatic heterocycles. The average molecular weight is 296 g/mol. The number of nitrogens with one attached hydrogen (secondary N) is 1. The zero-order valence-corrected chi connectivity index (χ0v) is 12.0. The molecule has 0 aromatic heterocycles. The van der Waals surface area contributed by atoms with Gasteiger partial charge in [0.05, 0.1) is 6.04 Å². The summed E-state index contributed by atoms with van der Waals surface area (Å²) in [4.78, 5) is 23.1. The molecule has 0 aliphatic rings. The Bertz CT molecular complexity index is 546. The lowest BCUT2D eigenvalue weighted by Gasteiger charge is -2.26. The third kappa shape index (κ3) is 4.09. The summed E-state index contributed by atoms with van der Waals surface area (Å²) < 4.78 is 0. The summed E-state index contributed by atoms with van der Waals surface area (Å²) in [6, 6.07) is 3.17. The molecule has 1 rings (SSSR count). The Kier molecular flexibility index (Phi) is 5.15. The second-order valence-corrected chi connectivity index (χ2v) is 5.11. The minimum absolute atomic E-state index is 0.110. The van der Waals surface area contributed by atoms with Crippen LogP contribution in [0.1, 0.15) is 25.8 Å². The number of amides is 1. The van der Waals surface area contributed by atoms with Gasteiger partial charge in [-0.3, -0.25) is 4.79 Å². The van der Waals surface area contributed by atoms with Crippen molar-refractivity contribution in [2.45, 2.75) is 38.3 Å². The minimum atomic E-state index is -1.37. The Morgan fingerprint density at radius 2 is 1.95 bits per heavy atom. The van der Waals surface area contributed by atoms with Gasteiger partial charge < -0.3 is 26.4 Å². The quantitative estimate of drug-likeness (QED) is 0.481. The lowest BCUT2D eigenvalue weighted by Crippen LogP contribution is -2.56. The van der Waals surface area contributed by atoms with Crippen LogP contribution < -0.4 is 11.1 Å². The molecule has 1 amide bonds. The average Bonchev–Trinajstić information content (AvgIpc) is 2.42. The topological polar surface area (TPSA) is 133 Å². The number of aliphatic carboxylic acids is 1. The molecular weight excluding hydrogens is 276 g/mol. The summed E-state index contributed by atoms with van der Waals surface area (Å²) in [5, 5.41) is 30.1. The molecule has 0 radical (unpaired) electrons. The highest BCUT2D eigenvalue weighted by Gasteiger charge is 2.34. The summed E-state index contributed by atoms with van der Waals surface area (Å²) >= 11 is 0. The van der Waals surface area contributed by atoms with E-state index in [0.717, 1.165) is 0 Å². The Labute approximate surface area is 122 Å². The van der Waals surface area contributed by atoms with Gasteiger partial charge in [0.15, 0.2) is 11.5 Å². The maximum Gasteiger partial charge on any atom is 0.329 e. The van der Waals surface area contributed by atoms with E-state index in [1.165, 1.54) is 25.1 Å². The van der Waals surface area contributed by atoms with Crippen LogP contribution in [-0.4, -0.2) is 38.8 Å². The Hall–Kier alpha value is -2.28. The fourth-order valence-corrected chi connectivity index (χ4v) is 1.70. The van der Waals surface area contributed by atoms with Crippen LogP contribution >= 0.6 is 0 Å². The van der Waals surface area contributed by atoms with Crippen LogP contribution in [0.25, 0.3) is 0 Å². The van der Waals surface area contributed by atoms with Crippen LogP contribution in [0.5, 0.6) is 11.5 Å². The van der Waals surface area contributed by atoms with E-state index in [0.29, 0.717) is 5.56 Å². The van der Waals surface area contributed by atoms with Gasteiger partial charge in [-0.05, 0) is 37.5 Å².